The molecule has 0 unspecified atom stereocenters. The summed E-state index contributed by atoms with van der Waals surface area (Å²) >= 11 is 0. The first kappa shape index (κ1) is 19.4. The van der Waals surface area contributed by atoms with E-state index in [1.165, 1.54) is 34.8 Å². The van der Waals surface area contributed by atoms with Crippen LogP contribution >= 0.6 is 0 Å². The van der Waals surface area contributed by atoms with Crippen LogP contribution in [-0.4, -0.2) is 67.0 Å². The lowest BCUT2D eigenvalue weighted by Crippen LogP contribution is -2.46. The Morgan fingerprint density at radius 1 is 1.27 bits per heavy atom. The highest BCUT2D eigenvalue weighted by atomic mass is 32.2. The molecule has 1 heterocycles. The number of carboxylic acid groups (broad SMARTS) is 1. The fourth-order valence-corrected chi connectivity index (χ4v) is 3.24. The third-order valence-corrected chi connectivity index (χ3v) is 5.09. The molecule has 0 saturated carbocycles. The summed E-state index contributed by atoms with van der Waals surface area (Å²) in [5.74, 6) is -1.79. The van der Waals surface area contributed by atoms with Gasteiger partial charge in [0.05, 0.1) is 11.8 Å². The maximum atomic E-state index is 12.2. The molecule has 1 saturated heterocycles. The smallest absolute Gasteiger partial charge is 0.335 e. The monoisotopic (exact) mass is 378 g/mol. The molecule has 1 amide bonds. The molecule has 9 nitrogen and oxygen atoms in total. The number of carbonyl (C=O) groups is 2. The molecule has 0 atom stereocenters. The van der Waals surface area contributed by atoms with Gasteiger partial charge in [-0.1, -0.05) is 6.07 Å². The predicted molar refractivity (Wildman–Crippen MR) is 93.7 cm³/mol. The fourth-order valence-electron chi connectivity index (χ4n) is 2.41. The van der Waals surface area contributed by atoms with E-state index < -0.39 is 21.9 Å². The van der Waals surface area contributed by atoms with Crippen LogP contribution < -0.4 is 5.32 Å². The van der Waals surface area contributed by atoms with Gasteiger partial charge in [0.15, 0.2) is 0 Å². The van der Waals surface area contributed by atoms with Gasteiger partial charge in [0.1, 0.15) is 11.6 Å². The molecule has 1 aliphatic heterocycles. The first-order chi connectivity index (χ1) is 12.2. The van der Waals surface area contributed by atoms with Gasteiger partial charge in [-0.15, -0.1) is 0 Å². The molecule has 10 heteroatoms. The number of carbonyl (C=O) groups excluding carboxylic acids is 1. The molecule has 0 aliphatic carbocycles. The third kappa shape index (κ3) is 5.05. The number of rotatable bonds is 5. The lowest BCUT2D eigenvalue weighted by atomic mass is 10.2. The zero-order chi connectivity index (χ0) is 19.3. The van der Waals surface area contributed by atoms with Gasteiger partial charge >= 0.3 is 5.97 Å². The van der Waals surface area contributed by atoms with Crippen LogP contribution in [0.1, 0.15) is 10.4 Å². The molecule has 1 aliphatic rings. The van der Waals surface area contributed by atoms with Crippen LogP contribution in [0.2, 0.25) is 0 Å². The van der Waals surface area contributed by atoms with E-state index in [4.69, 9.17) is 5.11 Å². The number of piperazine rings is 1. The number of hydrogen-bond acceptors (Lipinski definition) is 6. The van der Waals surface area contributed by atoms with Crippen LogP contribution in [-0.2, 0) is 14.8 Å². The number of nitrogens with one attached hydrogen (secondary N) is 1. The van der Waals surface area contributed by atoms with Crippen LogP contribution in [0.25, 0.3) is 0 Å². The highest BCUT2D eigenvalue weighted by Crippen LogP contribution is 2.13. The lowest BCUT2D eigenvalue weighted by Gasteiger charge is -2.32. The first-order valence-electron chi connectivity index (χ1n) is 7.66. The fraction of sp³-hybridized carbons (Fsp3) is 0.312. The molecule has 2 rings (SSSR count). The topological polar surface area (TPSA) is 131 Å². The third-order valence-electron chi connectivity index (χ3n) is 3.79. The van der Waals surface area contributed by atoms with Crippen LogP contribution in [0, 0.1) is 11.3 Å². The van der Waals surface area contributed by atoms with E-state index >= 15 is 0 Å². The number of anilines is 1. The van der Waals surface area contributed by atoms with E-state index in [1.807, 2.05) is 6.07 Å². The van der Waals surface area contributed by atoms with Gasteiger partial charge in [0, 0.05) is 38.1 Å². The second kappa shape index (κ2) is 7.99. The number of amides is 1. The van der Waals surface area contributed by atoms with Crippen molar-refractivity contribution in [1.82, 2.24) is 9.21 Å². The molecule has 2 N–H and O–H groups in total. The van der Waals surface area contributed by atoms with Gasteiger partial charge in [-0.3, -0.25) is 4.79 Å². The molecule has 1 fully saturated rings. The zero-order valence-corrected chi connectivity index (χ0v) is 14.9. The predicted octanol–water partition coefficient (Wildman–Crippen LogP) is 0.308. The molecular weight excluding hydrogens is 360 g/mol. The quantitative estimate of drug-likeness (QED) is 0.557. The Morgan fingerprint density at radius 3 is 2.46 bits per heavy atom. The molecule has 138 valence electrons. The molecule has 26 heavy (non-hydrogen) atoms. The summed E-state index contributed by atoms with van der Waals surface area (Å²) in [5, 5.41) is 20.7. The minimum atomic E-state index is -3.26. The highest BCUT2D eigenvalue weighted by molar-refractivity contribution is 7.88. The van der Waals surface area contributed by atoms with Crippen LogP contribution in [0.5, 0.6) is 0 Å². The summed E-state index contributed by atoms with van der Waals surface area (Å²) in [6.45, 7) is 1.27. The van der Waals surface area contributed by atoms with Gasteiger partial charge in [0.2, 0.25) is 10.0 Å². The Kier molecular flexibility index (Phi) is 5.97. The van der Waals surface area contributed by atoms with Gasteiger partial charge in [-0.25, -0.2) is 13.2 Å². The second-order valence-electron chi connectivity index (χ2n) is 5.69. The van der Waals surface area contributed by atoms with E-state index in [9.17, 15) is 23.3 Å². The summed E-state index contributed by atoms with van der Waals surface area (Å²) in [5.41, 5.74) is 0.124. The average molecular weight is 378 g/mol. The van der Waals surface area contributed by atoms with Crippen molar-refractivity contribution in [2.75, 3.05) is 37.8 Å². The number of aromatic carboxylic acids is 1. The molecule has 1 aromatic rings. The van der Waals surface area contributed by atoms with E-state index in [1.54, 1.807) is 4.90 Å². The van der Waals surface area contributed by atoms with Crippen molar-refractivity contribution in [3.8, 4) is 6.07 Å². The maximum Gasteiger partial charge on any atom is 0.335 e. The van der Waals surface area contributed by atoms with Crippen molar-refractivity contribution in [2.45, 2.75) is 0 Å². The van der Waals surface area contributed by atoms with Gasteiger partial charge in [-0.2, -0.15) is 9.57 Å². The van der Waals surface area contributed by atoms with E-state index in [2.05, 4.69) is 5.32 Å². The summed E-state index contributed by atoms with van der Waals surface area (Å²) in [7, 11) is -3.26. The SMILES string of the molecule is CS(=O)(=O)N1CCN(/C=C(/C#N)C(=O)Nc2cccc(C(=O)O)c2)CC1. The van der Waals surface area contributed by atoms with E-state index in [0.717, 1.165) is 6.26 Å². The Labute approximate surface area is 151 Å². The highest BCUT2D eigenvalue weighted by Gasteiger charge is 2.23. The Bertz CT molecular complexity index is 880. The number of benzene rings is 1. The van der Waals surface area contributed by atoms with E-state index in [-0.39, 0.29) is 29.9 Å². The van der Waals surface area contributed by atoms with Crippen LogP contribution in [0.4, 0.5) is 5.69 Å². The van der Waals surface area contributed by atoms with Gasteiger partial charge in [0.25, 0.3) is 5.91 Å². The Balaban J connectivity index is 2.05. The Morgan fingerprint density at radius 2 is 1.92 bits per heavy atom. The Hall–Kier alpha value is -2.90. The van der Waals surface area contributed by atoms with E-state index in [0.29, 0.717) is 13.1 Å². The van der Waals surface area contributed by atoms with Gasteiger partial charge in [-0.05, 0) is 18.2 Å². The standard InChI is InChI=1S/C16H18N4O5S/c1-26(24,25)20-7-5-19(6-8-20)11-13(10-17)15(21)18-14-4-2-3-12(9-14)16(22)23/h2-4,9,11H,5-8H2,1H3,(H,18,21)(H,22,23)/b13-11-. The summed E-state index contributed by atoms with van der Waals surface area (Å²) in [6, 6.07) is 7.49. The van der Waals surface area contributed by atoms with Gasteiger partial charge < -0.3 is 15.3 Å². The van der Waals surface area contributed by atoms with Crippen molar-refractivity contribution < 1.29 is 23.1 Å². The molecular formula is C16H18N4O5S. The molecule has 0 aromatic heterocycles. The number of nitriles is 1. The zero-order valence-electron chi connectivity index (χ0n) is 14.0. The average Bonchev–Trinajstić information content (AvgIpc) is 2.59. The second-order valence-corrected chi connectivity index (χ2v) is 7.68. The largest absolute Gasteiger partial charge is 0.478 e. The molecule has 0 spiro atoms. The first-order valence-corrected chi connectivity index (χ1v) is 9.51. The van der Waals surface area contributed by atoms with Crippen molar-refractivity contribution in [3.05, 3.63) is 41.6 Å². The lowest BCUT2D eigenvalue weighted by molar-refractivity contribution is -0.112. The van der Waals surface area contributed by atoms with Crippen molar-refractivity contribution in [3.63, 3.8) is 0 Å². The summed E-state index contributed by atoms with van der Waals surface area (Å²) < 4.78 is 24.3. The van der Waals surface area contributed by atoms with Crippen molar-refractivity contribution >= 4 is 27.6 Å². The number of carboxylic acids is 1. The molecule has 0 radical (unpaired) electrons. The summed E-state index contributed by atoms with van der Waals surface area (Å²) in [4.78, 5) is 24.9. The number of sulfonamides is 1. The normalized spacial score (nSPS) is 16.0. The molecule has 0 bridgehead atoms. The number of nitrogens with zero attached hydrogens (tertiary/aromatic N) is 3. The van der Waals surface area contributed by atoms with Crippen molar-refractivity contribution in [2.24, 2.45) is 0 Å². The molecule has 1 aromatic carbocycles. The minimum Gasteiger partial charge on any atom is -0.478 e. The van der Waals surface area contributed by atoms with Crippen LogP contribution in [0.15, 0.2) is 36.0 Å². The summed E-state index contributed by atoms with van der Waals surface area (Å²) in [6.07, 6.45) is 2.52. The van der Waals surface area contributed by atoms with Crippen LogP contribution in [0.3, 0.4) is 0 Å². The minimum absolute atomic E-state index is 0.0159. The van der Waals surface area contributed by atoms with Crippen molar-refractivity contribution in [1.29, 1.82) is 5.26 Å². The number of hydrogen-bond donors (Lipinski definition) is 2. The maximum absolute atomic E-state index is 12.2.